The van der Waals surface area contributed by atoms with Gasteiger partial charge in [0.1, 0.15) is 6.04 Å². The predicted molar refractivity (Wildman–Crippen MR) is 127 cm³/mol. The molecule has 2 saturated heterocycles. The third kappa shape index (κ3) is 3.81. The van der Waals surface area contributed by atoms with E-state index in [1.165, 1.54) is 0 Å². The van der Waals surface area contributed by atoms with Crippen molar-refractivity contribution in [2.75, 3.05) is 18.1 Å². The maximum Gasteiger partial charge on any atom is 0.325 e. The number of nitrogens with zero attached hydrogens (tertiary/aromatic N) is 2. The van der Waals surface area contributed by atoms with Crippen molar-refractivity contribution in [1.82, 2.24) is 19.8 Å². The summed E-state index contributed by atoms with van der Waals surface area (Å²) in [7, 11) is -3.08. The van der Waals surface area contributed by atoms with Gasteiger partial charge in [0.15, 0.2) is 15.6 Å². The van der Waals surface area contributed by atoms with Crippen molar-refractivity contribution in [3.63, 3.8) is 0 Å². The van der Waals surface area contributed by atoms with Gasteiger partial charge in [-0.1, -0.05) is 18.2 Å². The number of imide groups is 1. The summed E-state index contributed by atoms with van der Waals surface area (Å²) in [5, 5.41) is 3.68. The number of carbonyl (C=O) groups excluding carboxylic acids is 3. The topological polar surface area (TPSA) is 121 Å². The number of rotatable bonds is 6. The highest BCUT2D eigenvalue weighted by atomic mass is 32.2. The Hall–Kier alpha value is -3.40. The SMILES string of the molecule is Cc1cc(C(=O)CN2C(=O)N[C@@H](Cc3c[nH]c4ccccc34)C2=O)c(C)n1[C@@H]1CCS(=O)(=O)C1. The van der Waals surface area contributed by atoms with Gasteiger partial charge < -0.3 is 14.9 Å². The summed E-state index contributed by atoms with van der Waals surface area (Å²) in [5.74, 6) is -0.589. The molecular weight excluding hydrogens is 456 g/mol. The minimum atomic E-state index is -3.08. The van der Waals surface area contributed by atoms with E-state index >= 15 is 0 Å². The molecule has 3 aromatic rings. The summed E-state index contributed by atoms with van der Waals surface area (Å²) < 4.78 is 25.7. The third-order valence-corrected chi connectivity index (χ3v) is 8.62. The van der Waals surface area contributed by atoms with Gasteiger partial charge >= 0.3 is 6.03 Å². The summed E-state index contributed by atoms with van der Waals surface area (Å²) in [5.41, 5.74) is 3.72. The Morgan fingerprint density at radius 3 is 2.68 bits per heavy atom. The number of aromatic nitrogens is 2. The van der Waals surface area contributed by atoms with E-state index in [9.17, 15) is 22.8 Å². The molecular formula is C24H26N4O5S. The Morgan fingerprint density at radius 2 is 1.94 bits per heavy atom. The number of urea groups is 1. The van der Waals surface area contributed by atoms with Gasteiger partial charge in [-0.2, -0.15) is 0 Å². The number of amides is 3. The average Bonchev–Trinajstić information content (AvgIpc) is 3.50. The zero-order chi connectivity index (χ0) is 24.2. The fraction of sp³-hybridized carbons (Fsp3) is 0.375. The Kier molecular flexibility index (Phi) is 5.35. The Labute approximate surface area is 197 Å². The van der Waals surface area contributed by atoms with Crippen LogP contribution in [0.25, 0.3) is 10.9 Å². The number of benzene rings is 1. The normalized spacial score (nSPS) is 22.0. The fourth-order valence-electron chi connectivity index (χ4n) is 5.21. The van der Waals surface area contributed by atoms with E-state index < -0.39 is 27.8 Å². The molecule has 2 aliphatic heterocycles. The van der Waals surface area contributed by atoms with Gasteiger partial charge in [0.05, 0.1) is 18.1 Å². The second-order valence-electron chi connectivity index (χ2n) is 9.12. The molecule has 0 saturated carbocycles. The van der Waals surface area contributed by atoms with E-state index in [2.05, 4.69) is 10.3 Å². The number of ketones is 1. The Morgan fingerprint density at radius 1 is 1.18 bits per heavy atom. The first kappa shape index (κ1) is 22.4. The minimum Gasteiger partial charge on any atom is -0.361 e. The first-order valence-corrected chi connectivity index (χ1v) is 13.1. The van der Waals surface area contributed by atoms with Crippen molar-refractivity contribution >= 4 is 38.5 Å². The molecule has 5 rings (SSSR count). The molecule has 0 unspecified atom stereocenters. The summed E-state index contributed by atoms with van der Waals surface area (Å²) in [4.78, 5) is 42.8. The molecule has 34 heavy (non-hydrogen) atoms. The van der Waals surface area contributed by atoms with Gasteiger partial charge in [-0.05, 0) is 38.0 Å². The van der Waals surface area contributed by atoms with E-state index in [-0.39, 0.29) is 29.9 Å². The van der Waals surface area contributed by atoms with Crippen molar-refractivity contribution in [2.24, 2.45) is 0 Å². The van der Waals surface area contributed by atoms with Crippen LogP contribution < -0.4 is 5.32 Å². The molecule has 3 amide bonds. The molecule has 0 aliphatic carbocycles. The molecule has 2 aliphatic rings. The van der Waals surface area contributed by atoms with Crippen molar-refractivity contribution in [1.29, 1.82) is 0 Å². The monoisotopic (exact) mass is 482 g/mol. The lowest BCUT2D eigenvalue weighted by Crippen LogP contribution is -2.36. The van der Waals surface area contributed by atoms with Gasteiger partial charge in [-0.25, -0.2) is 13.2 Å². The zero-order valence-electron chi connectivity index (χ0n) is 19.0. The van der Waals surface area contributed by atoms with Crippen LogP contribution in [0.4, 0.5) is 4.79 Å². The van der Waals surface area contributed by atoms with Crippen molar-refractivity contribution < 1.29 is 22.8 Å². The second-order valence-corrected chi connectivity index (χ2v) is 11.4. The van der Waals surface area contributed by atoms with E-state index in [4.69, 9.17) is 0 Å². The van der Waals surface area contributed by atoms with Crippen molar-refractivity contribution in [3.05, 3.63) is 59.0 Å². The molecule has 10 heteroatoms. The van der Waals surface area contributed by atoms with E-state index in [0.717, 1.165) is 27.1 Å². The third-order valence-electron chi connectivity index (χ3n) is 6.87. The van der Waals surface area contributed by atoms with Gasteiger partial charge in [0.25, 0.3) is 5.91 Å². The highest BCUT2D eigenvalue weighted by molar-refractivity contribution is 7.91. The number of H-pyrrole nitrogens is 1. The Bertz CT molecular complexity index is 1430. The number of aryl methyl sites for hydroxylation is 1. The van der Waals surface area contributed by atoms with Gasteiger partial charge in [-0.15, -0.1) is 0 Å². The number of nitrogens with one attached hydrogen (secondary N) is 2. The number of fused-ring (bicyclic) bond motifs is 1. The standard InChI is InChI=1S/C24H26N4O5S/c1-14-9-19(15(2)28(14)17-7-8-34(32,33)13-17)22(29)12-27-23(30)21(26-24(27)31)10-16-11-25-20-6-4-3-5-18(16)20/h3-6,9,11,17,21,25H,7-8,10,12-13H2,1-2H3,(H,26,31)/t17-,21+/m1/s1. The molecule has 2 atom stereocenters. The number of carbonyl (C=O) groups is 3. The average molecular weight is 483 g/mol. The first-order valence-electron chi connectivity index (χ1n) is 11.2. The summed E-state index contributed by atoms with van der Waals surface area (Å²) in [6.45, 7) is 3.25. The van der Waals surface area contributed by atoms with Crippen LogP contribution in [0.5, 0.6) is 0 Å². The lowest BCUT2D eigenvalue weighted by atomic mass is 10.0. The second kappa shape index (κ2) is 8.12. The molecule has 0 bridgehead atoms. The predicted octanol–water partition coefficient (Wildman–Crippen LogP) is 2.29. The fourth-order valence-corrected chi connectivity index (χ4v) is 6.91. The molecule has 9 nitrogen and oxygen atoms in total. The molecule has 0 radical (unpaired) electrons. The molecule has 0 spiro atoms. The largest absolute Gasteiger partial charge is 0.361 e. The van der Waals surface area contributed by atoms with Crippen LogP contribution in [0, 0.1) is 13.8 Å². The van der Waals surface area contributed by atoms with Crippen molar-refractivity contribution in [3.8, 4) is 0 Å². The number of Topliss-reactive ketones (excluding diaryl/α,β-unsaturated/α-hetero) is 1. The van der Waals surface area contributed by atoms with Crippen molar-refractivity contribution in [2.45, 2.75) is 38.8 Å². The van der Waals surface area contributed by atoms with Crippen LogP contribution in [0.15, 0.2) is 36.5 Å². The molecule has 1 aromatic carbocycles. The summed E-state index contributed by atoms with van der Waals surface area (Å²) >= 11 is 0. The number of sulfone groups is 1. The maximum atomic E-state index is 13.1. The van der Waals surface area contributed by atoms with E-state index in [0.29, 0.717) is 24.1 Å². The van der Waals surface area contributed by atoms with Crippen LogP contribution >= 0.6 is 0 Å². The molecule has 2 N–H and O–H groups in total. The molecule has 2 aromatic heterocycles. The van der Waals surface area contributed by atoms with Gasteiger partial charge in [0, 0.05) is 46.5 Å². The Balaban J connectivity index is 1.32. The number of para-hydroxylation sites is 1. The van der Waals surface area contributed by atoms with Gasteiger partial charge in [-0.3, -0.25) is 14.5 Å². The lowest BCUT2D eigenvalue weighted by molar-refractivity contribution is -0.127. The quantitative estimate of drug-likeness (QED) is 0.412. The van der Waals surface area contributed by atoms with Crippen LogP contribution in [-0.4, -0.2) is 64.7 Å². The van der Waals surface area contributed by atoms with E-state index in [1.54, 1.807) is 13.0 Å². The summed E-state index contributed by atoms with van der Waals surface area (Å²) in [6.07, 6.45) is 2.66. The highest BCUT2D eigenvalue weighted by Gasteiger charge is 2.40. The number of hydrogen-bond donors (Lipinski definition) is 2. The lowest BCUT2D eigenvalue weighted by Gasteiger charge is -2.16. The molecule has 2 fully saturated rings. The number of aromatic amines is 1. The number of hydrogen-bond acceptors (Lipinski definition) is 5. The van der Waals surface area contributed by atoms with E-state index in [1.807, 2.05) is 42.0 Å². The van der Waals surface area contributed by atoms with Crippen LogP contribution in [0.1, 0.15) is 39.8 Å². The maximum absolute atomic E-state index is 13.1. The highest BCUT2D eigenvalue weighted by Crippen LogP contribution is 2.29. The van der Waals surface area contributed by atoms with Gasteiger partial charge in [0.2, 0.25) is 0 Å². The van der Waals surface area contributed by atoms with Crippen LogP contribution in [0.3, 0.4) is 0 Å². The summed E-state index contributed by atoms with van der Waals surface area (Å²) in [6, 6.07) is 7.91. The van der Waals surface area contributed by atoms with Crippen LogP contribution in [0.2, 0.25) is 0 Å². The minimum absolute atomic E-state index is 0.0551. The smallest absolute Gasteiger partial charge is 0.325 e. The van der Waals surface area contributed by atoms with Crippen LogP contribution in [-0.2, 0) is 21.1 Å². The zero-order valence-corrected chi connectivity index (χ0v) is 19.8. The molecule has 178 valence electrons. The first-order chi connectivity index (χ1) is 16.1. The molecule has 4 heterocycles.